The highest BCUT2D eigenvalue weighted by molar-refractivity contribution is 5.80. The molecular formula is C23H36N6O2. The Morgan fingerprint density at radius 2 is 1.94 bits per heavy atom. The van der Waals surface area contributed by atoms with Crippen LogP contribution in [0.2, 0.25) is 0 Å². The average Bonchev–Trinajstić information content (AvgIpc) is 3.20. The van der Waals surface area contributed by atoms with Crippen molar-refractivity contribution in [3.05, 3.63) is 48.1 Å². The van der Waals surface area contributed by atoms with Crippen molar-refractivity contribution in [3.63, 3.8) is 0 Å². The predicted molar refractivity (Wildman–Crippen MR) is 125 cm³/mol. The molecule has 0 aliphatic rings. The molecule has 0 radical (unpaired) electrons. The van der Waals surface area contributed by atoms with E-state index in [0.717, 1.165) is 47.4 Å². The Labute approximate surface area is 185 Å². The van der Waals surface area contributed by atoms with Gasteiger partial charge in [-0.1, -0.05) is 25.1 Å². The fourth-order valence-corrected chi connectivity index (χ4v) is 3.03. The summed E-state index contributed by atoms with van der Waals surface area (Å²) in [5.41, 5.74) is 2.09. The zero-order chi connectivity index (χ0) is 22.6. The van der Waals surface area contributed by atoms with Crippen molar-refractivity contribution < 1.29 is 9.47 Å². The molecule has 2 rings (SSSR count). The number of guanidine groups is 1. The molecule has 1 atom stereocenters. The third-order valence-electron chi connectivity index (χ3n) is 4.58. The number of rotatable bonds is 12. The van der Waals surface area contributed by atoms with Crippen LogP contribution in [0.3, 0.4) is 0 Å². The molecule has 8 nitrogen and oxygen atoms in total. The van der Waals surface area contributed by atoms with Crippen LogP contribution in [0.1, 0.15) is 52.0 Å². The summed E-state index contributed by atoms with van der Waals surface area (Å²) in [6.07, 6.45) is 2.61. The lowest BCUT2D eigenvalue weighted by atomic mass is 10.1. The van der Waals surface area contributed by atoms with E-state index in [1.165, 1.54) is 0 Å². The minimum absolute atomic E-state index is 0.0207. The summed E-state index contributed by atoms with van der Waals surface area (Å²) in [5.74, 6) is 3.22. The van der Waals surface area contributed by atoms with Gasteiger partial charge in [0.1, 0.15) is 12.2 Å². The second kappa shape index (κ2) is 12.6. The third kappa shape index (κ3) is 7.62. The van der Waals surface area contributed by atoms with E-state index in [1.807, 2.05) is 43.5 Å². The minimum atomic E-state index is 0.0207. The normalized spacial score (nSPS) is 12.4. The lowest BCUT2D eigenvalue weighted by Crippen LogP contribution is -2.40. The van der Waals surface area contributed by atoms with Crippen LogP contribution in [-0.2, 0) is 13.0 Å². The first-order valence-corrected chi connectivity index (χ1v) is 10.9. The molecule has 0 aliphatic carbocycles. The Hall–Kier alpha value is -3.03. The SMILES string of the molecule is C=C(C)CN=C(NCCn1cnnc1CC)NC(C)c1ccc(OCC)c(OCC)c1. The molecular weight excluding hydrogens is 392 g/mol. The number of aryl methyl sites for hydroxylation is 1. The van der Waals surface area contributed by atoms with Crippen LogP contribution in [-0.4, -0.2) is 47.0 Å². The first-order valence-electron chi connectivity index (χ1n) is 10.9. The van der Waals surface area contributed by atoms with Crippen LogP contribution < -0.4 is 20.1 Å². The average molecular weight is 429 g/mol. The number of hydrogen-bond donors (Lipinski definition) is 2. The van der Waals surface area contributed by atoms with Crippen molar-refractivity contribution >= 4 is 5.96 Å². The topological polar surface area (TPSA) is 85.6 Å². The number of ether oxygens (including phenoxy) is 2. The van der Waals surface area contributed by atoms with Crippen LogP contribution in [0.4, 0.5) is 0 Å². The molecule has 8 heteroatoms. The van der Waals surface area contributed by atoms with Crippen molar-refractivity contribution in [1.82, 2.24) is 25.4 Å². The number of benzene rings is 1. The van der Waals surface area contributed by atoms with E-state index in [2.05, 4.69) is 46.2 Å². The second-order valence-corrected chi connectivity index (χ2v) is 7.28. The van der Waals surface area contributed by atoms with Crippen LogP contribution in [0.15, 0.2) is 41.7 Å². The second-order valence-electron chi connectivity index (χ2n) is 7.28. The molecule has 0 fully saturated rings. The van der Waals surface area contributed by atoms with Gasteiger partial charge in [-0.05, 0) is 45.4 Å². The molecule has 1 unspecified atom stereocenters. The molecule has 0 aliphatic heterocycles. The number of nitrogens with zero attached hydrogens (tertiary/aromatic N) is 4. The van der Waals surface area contributed by atoms with E-state index >= 15 is 0 Å². The minimum Gasteiger partial charge on any atom is -0.490 e. The lowest BCUT2D eigenvalue weighted by Gasteiger charge is -2.20. The predicted octanol–water partition coefficient (Wildman–Crippen LogP) is 3.51. The molecule has 0 saturated carbocycles. The van der Waals surface area contributed by atoms with Crippen molar-refractivity contribution in [2.75, 3.05) is 26.3 Å². The van der Waals surface area contributed by atoms with Gasteiger partial charge in [-0.25, -0.2) is 4.99 Å². The van der Waals surface area contributed by atoms with E-state index in [4.69, 9.17) is 9.47 Å². The Balaban J connectivity index is 2.07. The van der Waals surface area contributed by atoms with Crippen LogP contribution in [0.5, 0.6) is 11.5 Å². The van der Waals surface area contributed by atoms with Gasteiger partial charge in [-0.3, -0.25) is 0 Å². The van der Waals surface area contributed by atoms with Crippen molar-refractivity contribution in [2.24, 2.45) is 4.99 Å². The fourth-order valence-electron chi connectivity index (χ4n) is 3.03. The van der Waals surface area contributed by atoms with E-state index in [1.54, 1.807) is 6.33 Å². The van der Waals surface area contributed by atoms with Crippen molar-refractivity contribution in [3.8, 4) is 11.5 Å². The van der Waals surface area contributed by atoms with Crippen LogP contribution in [0, 0.1) is 0 Å². The molecule has 170 valence electrons. The summed E-state index contributed by atoms with van der Waals surface area (Å²) < 4.78 is 13.5. The van der Waals surface area contributed by atoms with Gasteiger partial charge in [-0.15, -0.1) is 10.2 Å². The number of aliphatic imine (C=N–C) groups is 1. The van der Waals surface area contributed by atoms with Gasteiger partial charge in [0.05, 0.1) is 25.8 Å². The Bertz CT molecular complexity index is 862. The van der Waals surface area contributed by atoms with Crippen molar-refractivity contribution in [1.29, 1.82) is 0 Å². The largest absolute Gasteiger partial charge is 0.490 e. The molecule has 2 aromatic rings. The van der Waals surface area contributed by atoms with Gasteiger partial charge in [0.15, 0.2) is 17.5 Å². The smallest absolute Gasteiger partial charge is 0.192 e. The van der Waals surface area contributed by atoms with Crippen molar-refractivity contribution in [2.45, 2.75) is 53.6 Å². The maximum absolute atomic E-state index is 5.77. The number of hydrogen-bond acceptors (Lipinski definition) is 5. The lowest BCUT2D eigenvalue weighted by molar-refractivity contribution is 0.287. The number of aromatic nitrogens is 3. The first-order chi connectivity index (χ1) is 15.0. The molecule has 31 heavy (non-hydrogen) atoms. The van der Waals surface area contributed by atoms with Gasteiger partial charge in [-0.2, -0.15) is 0 Å². The van der Waals surface area contributed by atoms with Gasteiger partial charge in [0, 0.05) is 19.5 Å². The number of nitrogens with one attached hydrogen (secondary N) is 2. The van der Waals surface area contributed by atoms with E-state index < -0.39 is 0 Å². The molecule has 2 N–H and O–H groups in total. The highest BCUT2D eigenvalue weighted by Gasteiger charge is 2.13. The van der Waals surface area contributed by atoms with Crippen LogP contribution in [0.25, 0.3) is 0 Å². The summed E-state index contributed by atoms with van der Waals surface area (Å²) in [4.78, 5) is 4.65. The maximum Gasteiger partial charge on any atom is 0.192 e. The molecule has 1 aromatic heterocycles. The summed E-state index contributed by atoms with van der Waals surface area (Å²) in [5, 5.41) is 15.0. The zero-order valence-corrected chi connectivity index (χ0v) is 19.4. The van der Waals surface area contributed by atoms with Gasteiger partial charge in [0.2, 0.25) is 0 Å². The van der Waals surface area contributed by atoms with Gasteiger partial charge >= 0.3 is 0 Å². The van der Waals surface area contributed by atoms with E-state index in [-0.39, 0.29) is 6.04 Å². The highest BCUT2D eigenvalue weighted by atomic mass is 16.5. The monoisotopic (exact) mass is 428 g/mol. The molecule has 0 bridgehead atoms. The molecule has 0 amide bonds. The van der Waals surface area contributed by atoms with E-state index in [9.17, 15) is 0 Å². The maximum atomic E-state index is 5.77. The molecule has 1 aromatic carbocycles. The quantitative estimate of drug-likeness (QED) is 0.306. The van der Waals surface area contributed by atoms with Crippen LogP contribution >= 0.6 is 0 Å². The van der Waals surface area contributed by atoms with Gasteiger partial charge in [0.25, 0.3) is 0 Å². The molecule has 1 heterocycles. The first kappa shape index (κ1) is 24.2. The summed E-state index contributed by atoms with van der Waals surface area (Å²) in [7, 11) is 0. The summed E-state index contributed by atoms with van der Waals surface area (Å²) >= 11 is 0. The standard InChI is InChI=1S/C23H36N6O2/c1-7-22-28-26-16-29(22)13-12-24-23(25-15-17(4)5)27-18(6)19-10-11-20(30-8-2)21(14-19)31-9-3/h10-11,14,16,18H,4,7-9,12-13,15H2,1-3,5-6H3,(H2,24,25,27). The highest BCUT2D eigenvalue weighted by Crippen LogP contribution is 2.30. The summed E-state index contributed by atoms with van der Waals surface area (Å²) in [6.45, 7) is 17.2. The molecule has 0 spiro atoms. The van der Waals surface area contributed by atoms with E-state index in [0.29, 0.717) is 26.3 Å². The zero-order valence-electron chi connectivity index (χ0n) is 19.4. The Kier molecular flexibility index (Phi) is 9.87. The third-order valence-corrected chi connectivity index (χ3v) is 4.58. The Morgan fingerprint density at radius 1 is 1.19 bits per heavy atom. The molecule has 0 saturated heterocycles. The fraction of sp³-hybridized carbons (Fsp3) is 0.522. The summed E-state index contributed by atoms with van der Waals surface area (Å²) in [6, 6.07) is 6.05. The van der Waals surface area contributed by atoms with Gasteiger partial charge < -0.3 is 24.7 Å². The Morgan fingerprint density at radius 3 is 2.61 bits per heavy atom.